The Balaban J connectivity index is 1.41. The third-order valence-electron chi connectivity index (χ3n) is 7.76. The normalized spacial score (nSPS) is 11.5. The van der Waals surface area contributed by atoms with E-state index in [0.717, 1.165) is 55.3 Å². The van der Waals surface area contributed by atoms with E-state index in [9.17, 15) is 5.26 Å². The Kier molecular flexibility index (Phi) is 5.10. The summed E-state index contributed by atoms with van der Waals surface area (Å²) in [7, 11) is 0. The minimum absolute atomic E-state index is 0.661. The highest BCUT2D eigenvalue weighted by molar-refractivity contribution is 7.25. The molecule has 6 aromatic carbocycles. The second-order valence-corrected chi connectivity index (χ2v) is 11.1. The summed E-state index contributed by atoms with van der Waals surface area (Å²) in [5.41, 5.74) is 8.83. The van der Waals surface area contributed by atoms with Crippen LogP contribution in [0.5, 0.6) is 0 Å². The lowest BCUT2D eigenvalue weighted by atomic mass is 9.85. The fourth-order valence-corrected chi connectivity index (χ4v) is 7.05. The van der Waals surface area contributed by atoms with Crippen LogP contribution in [-0.2, 0) is 0 Å². The van der Waals surface area contributed by atoms with E-state index in [0.29, 0.717) is 5.56 Å². The van der Waals surface area contributed by atoms with E-state index in [-0.39, 0.29) is 0 Å². The van der Waals surface area contributed by atoms with Crippen molar-refractivity contribution >= 4 is 53.4 Å². The third-order valence-corrected chi connectivity index (χ3v) is 8.89. The first-order valence-electron chi connectivity index (χ1n) is 13.2. The van der Waals surface area contributed by atoms with Crippen LogP contribution in [0.15, 0.2) is 132 Å². The molecule has 0 N–H and O–H groups in total. The standard InChI is InChI=1S/C37H21NOS/c38-22-25-8-1-2-9-28(25)37-26(23-17-19-34-32(20-23)29-10-3-5-14-33(29)39-34)12-7-13-27(37)24-16-18-31-30-11-4-6-15-35(30)40-36(31)21-24/h1-21H. The van der Waals surface area contributed by atoms with Crippen LogP contribution in [0, 0.1) is 11.3 Å². The molecule has 2 heterocycles. The average molecular weight is 528 g/mol. The van der Waals surface area contributed by atoms with E-state index in [2.05, 4.69) is 97.1 Å². The molecule has 0 saturated heterocycles. The van der Waals surface area contributed by atoms with Gasteiger partial charge in [-0.2, -0.15) is 5.26 Å². The summed E-state index contributed by atoms with van der Waals surface area (Å²) in [6, 6.07) is 46.7. The average Bonchev–Trinajstić information content (AvgIpc) is 3.58. The van der Waals surface area contributed by atoms with Gasteiger partial charge in [0, 0.05) is 36.5 Å². The van der Waals surface area contributed by atoms with Gasteiger partial charge in [-0.3, -0.25) is 0 Å². The van der Waals surface area contributed by atoms with Gasteiger partial charge >= 0.3 is 0 Å². The van der Waals surface area contributed by atoms with Gasteiger partial charge in [-0.1, -0.05) is 91.0 Å². The predicted molar refractivity (Wildman–Crippen MR) is 168 cm³/mol. The Labute approximate surface area is 235 Å². The molecular formula is C37H21NOS. The van der Waals surface area contributed by atoms with Gasteiger partial charge in [0.15, 0.2) is 0 Å². The number of nitrogens with zero attached hydrogens (tertiary/aromatic N) is 1. The van der Waals surface area contributed by atoms with Crippen molar-refractivity contribution in [1.29, 1.82) is 5.26 Å². The van der Waals surface area contributed by atoms with Crippen molar-refractivity contribution in [2.24, 2.45) is 0 Å². The molecule has 0 atom stereocenters. The van der Waals surface area contributed by atoms with Crippen LogP contribution in [0.2, 0.25) is 0 Å². The van der Waals surface area contributed by atoms with Gasteiger partial charge in [-0.05, 0) is 64.2 Å². The molecule has 0 amide bonds. The quantitative estimate of drug-likeness (QED) is 0.229. The Morgan fingerprint density at radius 3 is 2.02 bits per heavy atom. The van der Waals surface area contributed by atoms with Crippen molar-refractivity contribution in [2.45, 2.75) is 0 Å². The lowest BCUT2D eigenvalue weighted by molar-refractivity contribution is 0.669. The predicted octanol–water partition coefficient (Wildman–Crippen LogP) is 10.8. The van der Waals surface area contributed by atoms with Crippen LogP contribution in [0.4, 0.5) is 0 Å². The molecule has 0 aliphatic rings. The fourth-order valence-electron chi connectivity index (χ4n) is 5.91. The molecule has 0 saturated carbocycles. The monoisotopic (exact) mass is 527 g/mol. The van der Waals surface area contributed by atoms with Crippen LogP contribution < -0.4 is 0 Å². The van der Waals surface area contributed by atoms with Crippen LogP contribution in [0.3, 0.4) is 0 Å². The summed E-state index contributed by atoms with van der Waals surface area (Å²) in [5, 5.41) is 14.9. The largest absolute Gasteiger partial charge is 0.456 e. The number of hydrogen-bond donors (Lipinski definition) is 0. The first-order valence-corrected chi connectivity index (χ1v) is 14.1. The zero-order valence-electron chi connectivity index (χ0n) is 21.4. The maximum Gasteiger partial charge on any atom is 0.135 e. The van der Waals surface area contributed by atoms with Crippen LogP contribution in [0.1, 0.15) is 5.56 Å². The molecular weight excluding hydrogens is 506 g/mol. The summed E-state index contributed by atoms with van der Waals surface area (Å²) in [6.45, 7) is 0. The van der Waals surface area contributed by atoms with Gasteiger partial charge in [0.2, 0.25) is 0 Å². The summed E-state index contributed by atoms with van der Waals surface area (Å²) < 4.78 is 8.66. The molecule has 40 heavy (non-hydrogen) atoms. The molecule has 0 fully saturated rings. The van der Waals surface area contributed by atoms with E-state index < -0.39 is 0 Å². The number of benzene rings is 6. The van der Waals surface area contributed by atoms with E-state index in [1.807, 2.05) is 47.7 Å². The summed E-state index contributed by atoms with van der Waals surface area (Å²) in [6.07, 6.45) is 0. The van der Waals surface area contributed by atoms with E-state index in [1.165, 1.54) is 20.2 Å². The van der Waals surface area contributed by atoms with Crippen LogP contribution in [-0.4, -0.2) is 0 Å². The van der Waals surface area contributed by atoms with Crippen LogP contribution in [0.25, 0.3) is 75.5 Å². The van der Waals surface area contributed by atoms with Crippen molar-refractivity contribution < 1.29 is 4.42 Å². The first kappa shape index (κ1) is 22.8. The molecule has 2 nitrogen and oxygen atoms in total. The van der Waals surface area contributed by atoms with Gasteiger partial charge in [-0.15, -0.1) is 11.3 Å². The summed E-state index contributed by atoms with van der Waals surface area (Å²) >= 11 is 1.82. The van der Waals surface area contributed by atoms with Gasteiger partial charge in [0.05, 0.1) is 11.6 Å². The van der Waals surface area contributed by atoms with E-state index in [1.54, 1.807) is 0 Å². The zero-order chi connectivity index (χ0) is 26.6. The highest BCUT2D eigenvalue weighted by Gasteiger charge is 2.18. The summed E-state index contributed by atoms with van der Waals surface area (Å²) in [4.78, 5) is 0. The first-order chi connectivity index (χ1) is 19.8. The molecule has 0 aliphatic heterocycles. The molecule has 8 rings (SSSR count). The SMILES string of the molecule is N#Cc1ccccc1-c1c(-c2ccc3c(c2)sc2ccccc23)cccc1-c1ccc2oc3ccccc3c2c1. The number of thiophene rings is 1. The van der Waals surface area contributed by atoms with Crippen molar-refractivity contribution in [1.82, 2.24) is 0 Å². The van der Waals surface area contributed by atoms with Crippen molar-refractivity contribution in [3.05, 3.63) is 133 Å². The van der Waals surface area contributed by atoms with Crippen molar-refractivity contribution in [3.63, 3.8) is 0 Å². The minimum atomic E-state index is 0.661. The minimum Gasteiger partial charge on any atom is -0.456 e. The highest BCUT2D eigenvalue weighted by atomic mass is 32.1. The highest BCUT2D eigenvalue weighted by Crippen LogP contribution is 2.44. The third kappa shape index (κ3) is 3.48. The fraction of sp³-hybridized carbons (Fsp3) is 0. The zero-order valence-corrected chi connectivity index (χ0v) is 22.2. The molecule has 3 heteroatoms. The lowest BCUT2D eigenvalue weighted by Crippen LogP contribution is -1.93. The Morgan fingerprint density at radius 1 is 0.500 bits per heavy atom. The van der Waals surface area contributed by atoms with E-state index >= 15 is 0 Å². The Hall–Kier alpha value is -5.17. The van der Waals surface area contributed by atoms with Crippen molar-refractivity contribution in [2.75, 3.05) is 0 Å². The van der Waals surface area contributed by atoms with Gasteiger partial charge < -0.3 is 4.42 Å². The maximum absolute atomic E-state index is 10.1. The molecule has 0 radical (unpaired) electrons. The summed E-state index contributed by atoms with van der Waals surface area (Å²) in [5.74, 6) is 0. The second kappa shape index (κ2) is 8.95. The number of furan rings is 1. The van der Waals surface area contributed by atoms with Crippen LogP contribution >= 0.6 is 11.3 Å². The molecule has 186 valence electrons. The number of fused-ring (bicyclic) bond motifs is 6. The molecule has 0 unspecified atom stereocenters. The van der Waals surface area contributed by atoms with Gasteiger partial charge in [-0.25, -0.2) is 0 Å². The topological polar surface area (TPSA) is 36.9 Å². The molecule has 2 aromatic heterocycles. The van der Waals surface area contributed by atoms with Gasteiger partial charge in [0.1, 0.15) is 11.2 Å². The number of hydrogen-bond acceptors (Lipinski definition) is 3. The Bertz CT molecular complexity index is 2300. The molecule has 0 spiro atoms. The van der Waals surface area contributed by atoms with E-state index in [4.69, 9.17) is 4.42 Å². The lowest BCUT2D eigenvalue weighted by Gasteiger charge is -2.17. The molecule has 0 bridgehead atoms. The molecule has 0 aliphatic carbocycles. The molecule has 8 aromatic rings. The van der Waals surface area contributed by atoms with Crippen molar-refractivity contribution in [3.8, 4) is 39.4 Å². The smallest absolute Gasteiger partial charge is 0.135 e. The number of rotatable bonds is 3. The maximum atomic E-state index is 10.1. The van der Waals surface area contributed by atoms with Gasteiger partial charge in [0.25, 0.3) is 0 Å². The second-order valence-electron chi connectivity index (χ2n) is 10.0. The Morgan fingerprint density at radius 2 is 1.15 bits per heavy atom. The number of nitriles is 1. The number of para-hydroxylation sites is 1.